The number of ether oxygens (including phenoxy) is 2. The van der Waals surface area contributed by atoms with E-state index in [0.717, 1.165) is 40.5 Å². The maximum Gasteiger partial charge on any atom is 0.160 e. The van der Waals surface area contributed by atoms with Crippen LogP contribution in [0.4, 0.5) is 5.82 Å². The number of methoxy groups -OCH3 is 2. The maximum atomic E-state index is 5.34. The number of hydrogen-bond acceptors (Lipinski definition) is 6. The van der Waals surface area contributed by atoms with E-state index in [0.29, 0.717) is 0 Å². The van der Waals surface area contributed by atoms with Crippen molar-refractivity contribution in [3.05, 3.63) is 41.0 Å². The van der Waals surface area contributed by atoms with Crippen LogP contribution in [0.25, 0.3) is 10.2 Å². The molecule has 5 nitrogen and oxygen atoms in total. The van der Waals surface area contributed by atoms with Crippen molar-refractivity contribution in [2.75, 3.05) is 26.1 Å². The number of benzene rings is 1. The molecule has 0 fully saturated rings. The van der Waals surface area contributed by atoms with Gasteiger partial charge in [-0.1, -0.05) is 6.07 Å². The first kappa shape index (κ1) is 18.3. The Morgan fingerprint density at radius 3 is 2.62 bits per heavy atom. The van der Waals surface area contributed by atoms with Crippen LogP contribution in [0.2, 0.25) is 0 Å². The lowest BCUT2D eigenvalue weighted by Gasteiger charge is -2.10. The molecule has 1 aromatic carbocycles. The third-order valence-corrected chi connectivity index (χ3v) is 4.57. The Kier molecular flexibility index (Phi) is 6.23. The molecule has 2 heterocycles. The summed E-state index contributed by atoms with van der Waals surface area (Å²) in [5, 5.41) is 4.48. The lowest BCUT2D eigenvalue weighted by molar-refractivity contribution is 0.354. The SMILES string of the molecule is COc1ccc(CCNc2ncnc3sc(C)cc23)cc1OC.Cl. The molecule has 0 aliphatic heterocycles. The molecule has 0 aliphatic carbocycles. The van der Waals surface area contributed by atoms with E-state index in [4.69, 9.17) is 9.47 Å². The van der Waals surface area contributed by atoms with Gasteiger partial charge in [0, 0.05) is 11.4 Å². The molecule has 24 heavy (non-hydrogen) atoms. The molecule has 0 saturated heterocycles. The molecular formula is C17H20ClN3O2S. The first-order chi connectivity index (χ1) is 11.2. The molecule has 0 radical (unpaired) electrons. The highest BCUT2D eigenvalue weighted by Gasteiger charge is 2.07. The quantitative estimate of drug-likeness (QED) is 0.712. The van der Waals surface area contributed by atoms with Crippen molar-refractivity contribution >= 4 is 39.8 Å². The average molecular weight is 366 g/mol. The summed E-state index contributed by atoms with van der Waals surface area (Å²) in [6.07, 6.45) is 2.48. The first-order valence-electron chi connectivity index (χ1n) is 7.37. The lowest BCUT2D eigenvalue weighted by atomic mass is 10.1. The van der Waals surface area contributed by atoms with Crippen LogP contribution in [0.3, 0.4) is 0 Å². The number of fused-ring (bicyclic) bond motifs is 1. The van der Waals surface area contributed by atoms with Crippen LogP contribution in [0.5, 0.6) is 11.5 Å². The Morgan fingerprint density at radius 1 is 1.08 bits per heavy atom. The molecule has 0 saturated carbocycles. The largest absolute Gasteiger partial charge is 0.493 e. The van der Waals surface area contributed by atoms with Gasteiger partial charge in [-0.2, -0.15) is 0 Å². The van der Waals surface area contributed by atoms with Gasteiger partial charge in [-0.05, 0) is 37.1 Å². The summed E-state index contributed by atoms with van der Waals surface area (Å²) in [6.45, 7) is 2.87. The van der Waals surface area contributed by atoms with Crippen molar-refractivity contribution < 1.29 is 9.47 Å². The van der Waals surface area contributed by atoms with Crippen LogP contribution < -0.4 is 14.8 Å². The zero-order valence-electron chi connectivity index (χ0n) is 13.8. The summed E-state index contributed by atoms with van der Waals surface area (Å²) < 4.78 is 10.6. The van der Waals surface area contributed by atoms with Crippen molar-refractivity contribution in [2.45, 2.75) is 13.3 Å². The third kappa shape index (κ3) is 3.88. The fourth-order valence-corrected chi connectivity index (χ4v) is 3.33. The van der Waals surface area contributed by atoms with E-state index in [1.165, 1.54) is 10.4 Å². The molecule has 0 spiro atoms. The zero-order chi connectivity index (χ0) is 16.2. The number of anilines is 1. The van der Waals surface area contributed by atoms with Gasteiger partial charge in [-0.3, -0.25) is 0 Å². The van der Waals surface area contributed by atoms with E-state index in [1.54, 1.807) is 31.9 Å². The second kappa shape index (κ2) is 8.17. The molecule has 128 valence electrons. The van der Waals surface area contributed by atoms with Gasteiger partial charge < -0.3 is 14.8 Å². The number of nitrogens with one attached hydrogen (secondary N) is 1. The number of aryl methyl sites for hydroxylation is 1. The molecule has 0 aliphatic rings. The highest BCUT2D eigenvalue weighted by molar-refractivity contribution is 7.18. The van der Waals surface area contributed by atoms with Gasteiger partial charge in [0.2, 0.25) is 0 Å². The minimum atomic E-state index is 0. The van der Waals surface area contributed by atoms with E-state index >= 15 is 0 Å². The summed E-state index contributed by atoms with van der Waals surface area (Å²) in [4.78, 5) is 10.9. The Labute approximate surface area is 151 Å². The molecular weight excluding hydrogens is 346 g/mol. The topological polar surface area (TPSA) is 56.3 Å². The van der Waals surface area contributed by atoms with E-state index < -0.39 is 0 Å². The minimum absolute atomic E-state index is 0. The molecule has 2 aromatic heterocycles. The Hall–Kier alpha value is -2.05. The summed E-state index contributed by atoms with van der Waals surface area (Å²) in [5.41, 5.74) is 1.18. The number of thiophene rings is 1. The van der Waals surface area contributed by atoms with Gasteiger partial charge in [0.15, 0.2) is 11.5 Å². The molecule has 0 bridgehead atoms. The first-order valence-corrected chi connectivity index (χ1v) is 8.19. The third-order valence-electron chi connectivity index (χ3n) is 3.61. The van der Waals surface area contributed by atoms with Gasteiger partial charge in [0.05, 0.1) is 19.6 Å². The zero-order valence-corrected chi connectivity index (χ0v) is 15.5. The van der Waals surface area contributed by atoms with Crippen LogP contribution in [0.15, 0.2) is 30.6 Å². The molecule has 0 unspecified atom stereocenters. The van der Waals surface area contributed by atoms with E-state index in [9.17, 15) is 0 Å². The second-order valence-corrected chi connectivity index (χ2v) is 6.40. The Bertz CT molecular complexity index is 823. The Balaban J connectivity index is 0.00000208. The molecule has 0 amide bonds. The molecule has 3 rings (SSSR count). The molecule has 0 atom stereocenters. The molecule has 7 heteroatoms. The summed E-state index contributed by atoms with van der Waals surface area (Å²) >= 11 is 1.68. The fourth-order valence-electron chi connectivity index (χ4n) is 2.48. The summed E-state index contributed by atoms with van der Waals surface area (Å²) in [5.74, 6) is 2.39. The highest BCUT2D eigenvalue weighted by Crippen LogP contribution is 2.29. The molecule has 3 aromatic rings. The molecule has 1 N–H and O–H groups in total. The standard InChI is InChI=1S/C17H19N3O2S.ClH/c1-11-8-13-16(19-10-20-17(13)23-11)18-7-6-12-4-5-14(21-2)15(9-12)22-3;/h4-5,8-10H,6-7H2,1-3H3,(H,18,19,20);1H. The Morgan fingerprint density at radius 2 is 1.88 bits per heavy atom. The van der Waals surface area contributed by atoms with Crippen molar-refractivity contribution in [3.8, 4) is 11.5 Å². The van der Waals surface area contributed by atoms with E-state index in [2.05, 4.69) is 28.3 Å². The average Bonchev–Trinajstić information content (AvgIpc) is 2.95. The smallest absolute Gasteiger partial charge is 0.160 e. The van der Waals surface area contributed by atoms with Gasteiger partial charge >= 0.3 is 0 Å². The fraction of sp³-hybridized carbons (Fsp3) is 0.294. The number of halogens is 1. The number of hydrogen-bond donors (Lipinski definition) is 1. The highest BCUT2D eigenvalue weighted by atomic mass is 35.5. The van der Waals surface area contributed by atoms with E-state index in [1.807, 2.05) is 18.2 Å². The number of aromatic nitrogens is 2. The summed E-state index contributed by atoms with van der Waals surface area (Å²) in [6, 6.07) is 8.11. The van der Waals surface area contributed by atoms with Gasteiger partial charge in [-0.25, -0.2) is 9.97 Å². The van der Waals surface area contributed by atoms with Crippen LogP contribution in [-0.4, -0.2) is 30.7 Å². The number of nitrogens with zero attached hydrogens (tertiary/aromatic N) is 2. The van der Waals surface area contributed by atoms with Crippen LogP contribution in [0, 0.1) is 6.92 Å². The lowest BCUT2D eigenvalue weighted by Crippen LogP contribution is -2.07. The van der Waals surface area contributed by atoms with Crippen LogP contribution >= 0.6 is 23.7 Å². The minimum Gasteiger partial charge on any atom is -0.493 e. The van der Waals surface area contributed by atoms with Gasteiger partial charge in [-0.15, -0.1) is 23.7 Å². The van der Waals surface area contributed by atoms with E-state index in [-0.39, 0.29) is 12.4 Å². The second-order valence-electron chi connectivity index (χ2n) is 5.16. The number of rotatable bonds is 6. The summed E-state index contributed by atoms with van der Waals surface area (Å²) in [7, 11) is 3.29. The monoisotopic (exact) mass is 365 g/mol. The van der Waals surface area contributed by atoms with Crippen molar-refractivity contribution in [2.24, 2.45) is 0 Å². The van der Waals surface area contributed by atoms with Crippen molar-refractivity contribution in [1.82, 2.24) is 9.97 Å². The van der Waals surface area contributed by atoms with Crippen LogP contribution in [0.1, 0.15) is 10.4 Å². The predicted molar refractivity (Wildman–Crippen MR) is 101 cm³/mol. The van der Waals surface area contributed by atoms with Crippen molar-refractivity contribution in [3.63, 3.8) is 0 Å². The van der Waals surface area contributed by atoms with Crippen LogP contribution in [-0.2, 0) is 6.42 Å². The normalized spacial score (nSPS) is 10.3. The van der Waals surface area contributed by atoms with Gasteiger partial charge in [0.1, 0.15) is 17.0 Å². The predicted octanol–water partition coefficient (Wildman–Crippen LogP) is 4.09. The van der Waals surface area contributed by atoms with Gasteiger partial charge in [0.25, 0.3) is 0 Å². The maximum absolute atomic E-state index is 5.34. The van der Waals surface area contributed by atoms with Crippen molar-refractivity contribution in [1.29, 1.82) is 0 Å².